The fourth-order valence-corrected chi connectivity index (χ4v) is 1.35. The molecule has 0 aromatic rings. The summed E-state index contributed by atoms with van der Waals surface area (Å²) in [6, 6.07) is 0.518. The highest BCUT2D eigenvalue weighted by Gasteiger charge is 2.02. The van der Waals surface area contributed by atoms with E-state index in [0.29, 0.717) is 12.0 Å². The fourth-order valence-electron chi connectivity index (χ4n) is 1.35. The van der Waals surface area contributed by atoms with Gasteiger partial charge in [-0.3, -0.25) is 0 Å². The Bertz CT molecular complexity index is 173. The third-order valence-corrected chi connectivity index (χ3v) is 2.14. The summed E-state index contributed by atoms with van der Waals surface area (Å²) in [6.07, 6.45) is 8.56. The molecule has 2 N–H and O–H groups in total. The largest absolute Gasteiger partial charge is 0.388 e. The Morgan fingerprint density at radius 3 is 2.60 bits per heavy atom. The molecule has 2 nitrogen and oxygen atoms in total. The second kappa shape index (κ2) is 9.78. The Morgan fingerprint density at radius 1 is 1.33 bits per heavy atom. The molecule has 88 valence electrons. The van der Waals surface area contributed by atoms with E-state index in [4.69, 9.17) is 0 Å². The minimum atomic E-state index is 0.518. The van der Waals surface area contributed by atoms with Gasteiger partial charge in [0.15, 0.2) is 0 Å². The lowest BCUT2D eigenvalue weighted by molar-refractivity contribution is 0.487. The van der Waals surface area contributed by atoms with Crippen molar-refractivity contribution in [2.24, 2.45) is 5.92 Å². The van der Waals surface area contributed by atoms with Crippen LogP contribution >= 0.6 is 0 Å². The zero-order valence-electron chi connectivity index (χ0n) is 10.4. The molecule has 0 aromatic heterocycles. The molecular weight excluding hydrogens is 184 g/mol. The van der Waals surface area contributed by atoms with Crippen molar-refractivity contribution in [2.75, 3.05) is 13.1 Å². The third-order valence-electron chi connectivity index (χ3n) is 2.14. The zero-order chi connectivity index (χ0) is 11.5. The van der Waals surface area contributed by atoms with Crippen LogP contribution in [-0.2, 0) is 0 Å². The van der Waals surface area contributed by atoms with Crippen LogP contribution < -0.4 is 10.6 Å². The van der Waals surface area contributed by atoms with Gasteiger partial charge in [0.25, 0.3) is 0 Å². The van der Waals surface area contributed by atoms with E-state index in [1.165, 1.54) is 12.8 Å². The Morgan fingerprint density at radius 2 is 2.07 bits per heavy atom. The van der Waals surface area contributed by atoms with Crippen LogP contribution in [0.25, 0.3) is 0 Å². The van der Waals surface area contributed by atoms with Crippen LogP contribution in [0.15, 0.2) is 24.9 Å². The van der Waals surface area contributed by atoms with E-state index in [1.807, 2.05) is 0 Å². The molecule has 2 heteroatoms. The number of hydrogen-bond donors (Lipinski definition) is 2. The lowest BCUT2D eigenvalue weighted by Crippen LogP contribution is -2.30. The zero-order valence-corrected chi connectivity index (χ0v) is 10.4. The van der Waals surface area contributed by atoms with Gasteiger partial charge in [0.05, 0.1) is 0 Å². The van der Waals surface area contributed by atoms with Gasteiger partial charge in [0, 0.05) is 12.6 Å². The van der Waals surface area contributed by atoms with Gasteiger partial charge in [0.2, 0.25) is 0 Å². The molecule has 0 rings (SSSR count). The van der Waals surface area contributed by atoms with Gasteiger partial charge in [-0.15, -0.1) is 0 Å². The summed E-state index contributed by atoms with van der Waals surface area (Å²) in [4.78, 5) is 0. The smallest absolute Gasteiger partial charge is 0.0325 e. The van der Waals surface area contributed by atoms with Crippen LogP contribution in [-0.4, -0.2) is 19.1 Å². The Kier molecular flexibility index (Phi) is 9.29. The van der Waals surface area contributed by atoms with E-state index in [9.17, 15) is 0 Å². The van der Waals surface area contributed by atoms with Gasteiger partial charge >= 0.3 is 0 Å². The van der Waals surface area contributed by atoms with Gasteiger partial charge < -0.3 is 10.6 Å². The lowest BCUT2D eigenvalue weighted by atomic mass is 10.1. The predicted octanol–water partition coefficient (Wildman–Crippen LogP) is 2.69. The maximum atomic E-state index is 3.61. The molecule has 1 unspecified atom stereocenters. The van der Waals surface area contributed by atoms with Crippen LogP contribution in [0.4, 0.5) is 0 Å². The van der Waals surface area contributed by atoms with Crippen molar-refractivity contribution >= 4 is 0 Å². The molecule has 0 aliphatic carbocycles. The average Bonchev–Trinajstić information content (AvgIpc) is 2.20. The molecule has 0 radical (unpaired) electrons. The normalized spacial score (nSPS) is 13.3. The topological polar surface area (TPSA) is 24.1 Å². The average molecular weight is 210 g/mol. The first kappa shape index (κ1) is 14.2. The first-order valence-electron chi connectivity index (χ1n) is 5.95. The van der Waals surface area contributed by atoms with E-state index < -0.39 is 0 Å². The summed E-state index contributed by atoms with van der Waals surface area (Å²) < 4.78 is 0. The summed E-state index contributed by atoms with van der Waals surface area (Å²) in [5, 5.41) is 6.62. The maximum absolute atomic E-state index is 3.61. The van der Waals surface area contributed by atoms with E-state index in [0.717, 1.165) is 13.1 Å². The molecule has 0 fully saturated rings. The molecule has 15 heavy (non-hydrogen) atoms. The Hall–Kier alpha value is -0.760. The minimum Gasteiger partial charge on any atom is -0.388 e. The lowest BCUT2D eigenvalue weighted by Gasteiger charge is -2.15. The maximum Gasteiger partial charge on any atom is 0.0325 e. The number of rotatable bonds is 9. The molecule has 0 aromatic carbocycles. The summed E-state index contributed by atoms with van der Waals surface area (Å²) in [6.45, 7) is 12.3. The van der Waals surface area contributed by atoms with E-state index in [1.54, 1.807) is 6.20 Å². The second-order valence-electron chi connectivity index (χ2n) is 4.24. The molecule has 0 aliphatic rings. The first-order chi connectivity index (χ1) is 7.20. The third kappa shape index (κ3) is 9.54. The molecule has 1 atom stereocenters. The quantitative estimate of drug-likeness (QED) is 0.451. The molecular formula is C13H26N2. The fraction of sp³-hybridized carbons (Fsp3) is 0.692. The van der Waals surface area contributed by atoms with Gasteiger partial charge in [0.1, 0.15) is 0 Å². The van der Waals surface area contributed by atoms with Crippen molar-refractivity contribution in [3.8, 4) is 0 Å². The highest BCUT2D eigenvalue weighted by atomic mass is 14.9. The number of hydrogen-bond acceptors (Lipinski definition) is 2. The molecule has 0 heterocycles. The Balaban J connectivity index is 3.80. The highest BCUT2D eigenvalue weighted by Crippen LogP contribution is 2.00. The van der Waals surface area contributed by atoms with Crippen LogP contribution in [0.1, 0.15) is 33.6 Å². The standard InChI is InChI=1S/C13H26N2/c1-5-8-13(15-11-12(3)4)9-7-10-14-6-2/h6-7,9,12-15H,2,5,8,10-11H2,1,3-4H3. The summed E-state index contributed by atoms with van der Waals surface area (Å²) >= 11 is 0. The second-order valence-corrected chi connectivity index (χ2v) is 4.24. The molecule has 0 amide bonds. The molecule has 0 saturated carbocycles. The van der Waals surface area contributed by atoms with Crippen molar-refractivity contribution in [3.63, 3.8) is 0 Å². The summed E-state index contributed by atoms with van der Waals surface area (Å²) in [5.74, 6) is 0.712. The van der Waals surface area contributed by atoms with Crippen LogP contribution in [0.3, 0.4) is 0 Å². The van der Waals surface area contributed by atoms with Crippen LogP contribution in [0, 0.1) is 5.92 Å². The van der Waals surface area contributed by atoms with E-state index in [2.05, 4.69) is 50.1 Å². The van der Waals surface area contributed by atoms with Crippen molar-refractivity contribution in [1.82, 2.24) is 10.6 Å². The molecule has 0 bridgehead atoms. The molecule has 0 spiro atoms. The Labute approximate surface area is 94.8 Å². The summed E-state index contributed by atoms with van der Waals surface area (Å²) in [5.41, 5.74) is 0. The minimum absolute atomic E-state index is 0.518. The number of nitrogens with one attached hydrogen (secondary N) is 2. The SMILES string of the molecule is C=CNCC=CC(CCC)NCC(C)C. The molecule has 0 aliphatic heterocycles. The van der Waals surface area contributed by atoms with Crippen LogP contribution in [0.2, 0.25) is 0 Å². The highest BCUT2D eigenvalue weighted by molar-refractivity contribution is 4.95. The van der Waals surface area contributed by atoms with Gasteiger partial charge in [-0.2, -0.15) is 0 Å². The monoisotopic (exact) mass is 210 g/mol. The van der Waals surface area contributed by atoms with E-state index in [-0.39, 0.29) is 0 Å². The van der Waals surface area contributed by atoms with Crippen molar-refractivity contribution in [2.45, 2.75) is 39.7 Å². The summed E-state index contributed by atoms with van der Waals surface area (Å²) in [7, 11) is 0. The van der Waals surface area contributed by atoms with Crippen molar-refractivity contribution < 1.29 is 0 Å². The van der Waals surface area contributed by atoms with Crippen molar-refractivity contribution in [1.29, 1.82) is 0 Å². The first-order valence-corrected chi connectivity index (χ1v) is 5.95. The van der Waals surface area contributed by atoms with Crippen LogP contribution in [0.5, 0.6) is 0 Å². The predicted molar refractivity (Wildman–Crippen MR) is 68.9 cm³/mol. The van der Waals surface area contributed by atoms with Gasteiger partial charge in [-0.25, -0.2) is 0 Å². The van der Waals surface area contributed by atoms with Crippen molar-refractivity contribution in [3.05, 3.63) is 24.9 Å². The molecule has 0 saturated heterocycles. The van der Waals surface area contributed by atoms with Gasteiger partial charge in [-0.1, -0.05) is 45.9 Å². The van der Waals surface area contributed by atoms with Gasteiger partial charge in [-0.05, 0) is 25.1 Å². The van der Waals surface area contributed by atoms with E-state index >= 15 is 0 Å².